The van der Waals surface area contributed by atoms with Gasteiger partial charge >= 0.3 is 0 Å². The van der Waals surface area contributed by atoms with Crippen molar-refractivity contribution in [3.8, 4) is 6.07 Å². The van der Waals surface area contributed by atoms with Crippen molar-refractivity contribution in [1.82, 2.24) is 10.2 Å². The van der Waals surface area contributed by atoms with Gasteiger partial charge in [0.05, 0.1) is 30.4 Å². The van der Waals surface area contributed by atoms with Crippen LogP contribution in [0.2, 0.25) is 0 Å². The Kier molecular flexibility index (Phi) is 5.13. The average Bonchev–Trinajstić information content (AvgIpc) is 2.45. The molecule has 4 nitrogen and oxygen atoms in total. The fourth-order valence-corrected chi connectivity index (χ4v) is 2.61. The van der Waals surface area contributed by atoms with Crippen LogP contribution in [-0.2, 0) is 4.74 Å². The van der Waals surface area contributed by atoms with Gasteiger partial charge in [0.15, 0.2) is 0 Å². The van der Waals surface area contributed by atoms with E-state index in [0.717, 1.165) is 19.7 Å². The Morgan fingerprint density at radius 2 is 2.10 bits per heavy atom. The first-order valence-corrected chi connectivity index (χ1v) is 7.17. The van der Waals surface area contributed by atoms with Crippen LogP contribution >= 0.6 is 0 Å². The fraction of sp³-hybridized carbons (Fsp3) is 0.562. The number of likely N-dealkylation sites (N-methyl/N-ethyl adjacent to an activating group) is 1. The van der Waals surface area contributed by atoms with Gasteiger partial charge in [0.1, 0.15) is 0 Å². The Morgan fingerprint density at radius 1 is 1.40 bits per heavy atom. The van der Waals surface area contributed by atoms with Gasteiger partial charge in [-0.2, -0.15) is 5.26 Å². The molecule has 1 aromatic carbocycles. The Hall–Kier alpha value is -1.41. The van der Waals surface area contributed by atoms with E-state index in [0.29, 0.717) is 11.6 Å². The summed E-state index contributed by atoms with van der Waals surface area (Å²) in [6.45, 7) is 6.83. The predicted molar refractivity (Wildman–Crippen MR) is 79.4 cm³/mol. The largest absolute Gasteiger partial charge is 0.374 e. The van der Waals surface area contributed by atoms with Crippen molar-refractivity contribution in [3.63, 3.8) is 0 Å². The van der Waals surface area contributed by atoms with E-state index in [4.69, 9.17) is 10.00 Å². The molecule has 4 heteroatoms. The Morgan fingerprint density at radius 3 is 2.70 bits per heavy atom. The van der Waals surface area contributed by atoms with Crippen LogP contribution in [-0.4, -0.2) is 43.8 Å². The number of nitrogens with zero attached hydrogens (tertiary/aromatic N) is 2. The third-order valence-electron chi connectivity index (χ3n) is 3.71. The molecule has 0 spiro atoms. The summed E-state index contributed by atoms with van der Waals surface area (Å²) < 4.78 is 5.95. The van der Waals surface area contributed by atoms with E-state index in [-0.39, 0.29) is 12.1 Å². The van der Waals surface area contributed by atoms with Gasteiger partial charge in [0, 0.05) is 19.1 Å². The lowest BCUT2D eigenvalue weighted by atomic mass is 9.97. The first-order valence-electron chi connectivity index (χ1n) is 7.17. The lowest BCUT2D eigenvalue weighted by molar-refractivity contribution is -0.0620. The van der Waals surface area contributed by atoms with E-state index >= 15 is 0 Å². The number of rotatable bonds is 4. The third-order valence-corrected chi connectivity index (χ3v) is 3.71. The lowest BCUT2D eigenvalue weighted by Gasteiger charge is -2.40. The van der Waals surface area contributed by atoms with Gasteiger partial charge in [-0.1, -0.05) is 26.0 Å². The molecule has 0 aliphatic carbocycles. The van der Waals surface area contributed by atoms with Crippen molar-refractivity contribution < 1.29 is 4.74 Å². The second-order valence-corrected chi connectivity index (χ2v) is 5.63. The van der Waals surface area contributed by atoms with Gasteiger partial charge in [-0.3, -0.25) is 4.90 Å². The highest BCUT2D eigenvalue weighted by atomic mass is 16.5. The van der Waals surface area contributed by atoms with Crippen molar-refractivity contribution in [2.75, 3.05) is 26.7 Å². The molecular weight excluding hydrogens is 250 g/mol. The maximum absolute atomic E-state index is 8.89. The van der Waals surface area contributed by atoms with Crippen LogP contribution < -0.4 is 5.32 Å². The minimum atomic E-state index is 0.143. The molecule has 1 fully saturated rings. The van der Waals surface area contributed by atoms with Crippen LogP contribution in [0.15, 0.2) is 24.3 Å². The highest BCUT2D eigenvalue weighted by Crippen LogP contribution is 2.28. The van der Waals surface area contributed by atoms with Crippen molar-refractivity contribution in [2.24, 2.45) is 0 Å². The van der Waals surface area contributed by atoms with Gasteiger partial charge in [0.2, 0.25) is 0 Å². The molecule has 1 saturated heterocycles. The Labute approximate surface area is 121 Å². The number of hydrogen-bond acceptors (Lipinski definition) is 4. The minimum absolute atomic E-state index is 0.143. The summed E-state index contributed by atoms with van der Waals surface area (Å²) in [4.78, 5) is 2.33. The summed E-state index contributed by atoms with van der Waals surface area (Å²) in [6.07, 6.45) is 0.143. The molecule has 0 aromatic heterocycles. The minimum Gasteiger partial charge on any atom is -0.374 e. The molecule has 2 atom stereocenters. The van der Waals surface area contributed by atoms with E-state index < -0.39 is 0 Å². The summed E-state index contributed by atoms with van der Waals surface area (Å²) in [5, 5.41) is 12.3. The van der Waals surface area contributed by atoms with Crippen LogP contribution in [0.1, 0.15) is 31.0 Å². The van der Waals surface area contributed by atoms with Crippen molar-refractivity contribution >= 4 is 0 Å². The van der Waals surface area contributed by atoms with Crippen molar-refractivity contribution in [2.45, 2.75) is 32.0 Å². The van der Waals surface area contributed by atoms with Crippen molar-refractivity contribution in [3.05, 3.63) is 35.4 Å². The first-order chi connectivity index (χ1) is 9.61. The van der Waals surface area contributed by atoms with Crippen LogP contribution in [0.4, 0.5) is 0 Å². The highest BCUT2D eigenvalue weighted by Gasteiger charge is 2.31. The Balaban J connectivity index is 2.15. The molecule has 0 amide bonds. The fourth-order valence-electron chi connectivity index (χ4n) is 2.61. The molecule has 20 heavy (non-hydrogen) atoms. The number of morpholine rings is 1. The smallest absolute Gasteiger partial charge is 0.0991 e. The number of benzene rings is 1. The normalized spacial score (nSPS) is 23.8. The SMILES string of the molecule is CC(C)NCC1OCCN(C)C1c1ccc(C#N)cc1. The van der Waals surface area contributed by atoms with E-state index in [1.807, 2.05) is 24.3 Å². The van der Waals surface area contributed by atoms with Crippen LogP contribution in [0.25, 0.3) is 0 Å². The zero-order valence-corrected chi connectivity index (χ0v) is 12.5. The molecular formula is C16H23N3O. The summed E-state index contributed by atoms with van der Waals surface area (Å²) >= 11 is 0. The standard InChI is InChI=1S/C16H23N3O/c1-12(2)18-11-15-16(19(3)8-9-20-15)14-6-4-13(10-17)5-7-14/h4-7,12,15-16,18H,8-9,11H2,1-3H3. The number of ether oxygens (including phenoxy) is 1. The van der Waals surface area contributed by atoms with Gasteiger partial charge < -0.3 is 10.1 Å². The molecule has 0 saturated carbocycles. The predicted octanol–water partition coefficient (Wildman–Crippen LogP) is 1.93. The molecule has 1 aliphatic heterocycles. The molecule has 0 radical (unpaired) electrons. The zero-order valence-electron chi connectivity index (χ0n) is 12.5. The van der Waals surface area contributed by atoms with Crippen LogP contribution in [0.3, 0.4) is 0 Å². The Bertz CT molecular complexity index is 464. The van der Waals surface area contributed by atoms with Gasteiger partial charge in [-0.15, -0.1) is 0 Å². The molecule has 108 valence electrons. The van der Waals surface area contributed by atoms with E-state index in [1.54, 1.807) is 0 Å². The number of hydrogen-bond donors (Lipinski definition) is 1. The van der Waals surface area contributed by atoms with Crippen molar-refractivity contribution in [1.29, 1.82) is 5.26 Å². The summed E-state index contributed by atoms with van der Waals surface area (Å²) in [5.41, 5.74) is 1.91. The summed E-state index contributed by atoms with van der Waals surface area (Å²) in [7, 11) is 2.13. The second-order valence-electron chi connectivity index (χ2n) is 5.63. The van der Waals surface area contributed by atoms with E-state index in [9.17, 15) is 0 Å². The maximum atomic E-state index is 8.89. The maximum Gasteiger partial charge on any atom is 0.0991 e. The zero-order chi connectivity index (χ0) is 14.5. The lowest BCUT2D eigenvalue weighted by Crippen LogP contribution is -2.48. The first kappa shape index (κ1) is 15.0. The van der Waals surface area contributed by atoms with E-state index in [2.05, 4.69) is 37.2 Å². The molecule has 1 N–H and O–H groups in total. The third kappa shape index (κ3) is 3.57. The number of nitrogens with one attached hydrogen (secondary N) is 1. The topological polar surface area (TPSA) is 48.3 Å². The van der Waals surface area contributed by atoms with Gasteiger partial charge in [-0.05, 0) is 24.7 Å². The molecule has 2 rings (SSSR count). The van der Waals surface area contributed by atoms with Gasteiger partial charge in [-0.25, -0.2) is 0 Å². The van der Waals surface area contributed by atoms with E-state index in [1.165, 1.54) is 5.56 Å². The summed E-state index contributed by atoms with van der Waals surface area (Å²) in [6, 6.07) is 10.7. The van der Waals surface area contributed by atoms with Crippen LogP contribution in [0, 0.1) is 11.3 Å². The molecule has 1 heterocycles. The highest BCUT2D eigenvalue weighted by molar-refractivity contribution is 5.33. The molecule has 0 bridgehead atoms. The molecule has 1 aromatic rings. The molecule has 1 aliphatic rings. The second kappa shape index (κ2) is 6.85. The quantitative estimate of drug-likeness (QED) is 0.910. The summed E-state index contributed by atoms with van der Waals surface area (Å²) in [5.74, 6) is 0. The molecule has 2 unspecified atom stereocenters. The average molecular weight is 273 g/mol. The van der Waals surface area contributed by atoms with Crippen LogP contribution in [0.5, 0.6) is 0 Å². The van der Waals surface area contributed by atoms with Gasteiger partial charge in [0.25, 0.3) is 0 Å². The number of nitriles is 1. The monoisotopic (exact) mass is 273 g/mol.